The van der Waals surface area contributed by atoms with Crippen LogP contribution in [0, 0.1) is 6.92 Å². The third kappa shape index (κ3) is 4.25. The summed E-state index contributed by atoms with van der Waals surface area (Å²) < 4.78 is 32.8. The summed E-state index contributed by atoms with van der Waals surface area (Å²) in [5.74, 6) is -1.26. The molecule has 1 aromatic heterocycles. The van der Waals surface area contributed by atoms with Gasteiger partial charge in [0.15, 0.2) is 6.61 Å². The summed E-state index contributed by atoms with van der Waals surface area (Å²) in [5.41, 5.74) is 2.24. The average Bonchev–Trinajstić information content (AvgIpc) is 3.18. The molecule has 0 aliphatic heterocycles. The first-order chi connectivity index (χ1) is 15.8. The van der Waals surface area contributed by atoms with Gasteiger partial charge in [0.2, 0.25) is 5.78 Å². The van der Waals surface area contributed by atoms with Gasteiger partial charge in [0.1, 0.15) is 4.90 Å². The molecule has 0 saturated heterocycles. The zero-order valence-electron chi connectivity index (χ0n) is 18.1. The van der Waals surface area contributed by atoms with Crippen LogP contribution in [0.3, 0.4) is 0 Å². The van der Waals surface area contributed by atoms with Crippen molar-refractivity contribution in [3.05, 3.63) is 95.7 Å². The first-order valence-corrected chi connectivity index (χ1v) is 11.7. The summed E-state index contributed by atoms with van der Waals surface area (Å²) in [6.45, 7) is 1.26. The number of carbonyl (C=O) groups excluding carboxylic acids is 2. The third-order valence-electron chi connectivity index (χ3n) is 5.37. The van der Waals surface area contributed by atoms with Gasteiger partial charge >= 0.3 is 5.97 Å². The van der Waals surface area contributed by atoms with Crippen molar-refractivity contribution >= 4 is 38.4 Å². The van der Waals surface area contributed by atoms with Gasteiger partial charge < -0.3 is 9.72 Å². The molecule has 0 aliphatic rings. The van der Waals surface area contributed by atoms with E-state index < -0.39 is 22.6 Å². The van der Waals surface area contributed by atoms with E-state index in [1.165, 1.54) is 25.2 Å². The monoisotopic (exact) mass is 462 g/mol. The Hall–Kier alpha value is -3.91. The summed E-state index contributed by atoms with van der Waals surface area (Å²) in [7, 11) is -2.63. The van der Waals surface area contributed by atoms with Gasteiger partial charge in [-0.1, -0.05) is 48.5 Å². The molecular weight excluding hydrogens is 440 g/mol. The molecule has 0 bridgehead atoms. The molecular formula is C25H22N2O5S. The minimum atomic E-state index is -4.04. The summed E-state index contributed by atoms with van der Waals surface area (Å²) in [6, 6.07) is 21.7. The number of benzene rings is 3. The molecule has 7 nitrogen and oxygen atoms in total. The van der Waals surface area contributed by atoms with Gasteiger partial charge in [0.05, 0.1) is 11.3 Å². The Kier molecular flexibility index (Phi) is 6.02. The number of carbonyl (C=O) groups is 2. The van der Waals surface area contributed by atoms with Gasteiger partial charge in [-0.15, -0.1) is 0 Å². The molecule has 8 heteroatoms. The smallest absolute Gasteiger partial charge is 0.339 e. The molecule has 4 rings (SSSR count). The second-order valence-electron chi connectivity index (χ2n) is 7.47. The second-order valence-corrected chi connectivity index (χ2v) is 9.41. The van der Waals surface area contributed by atoms with E-state index in [-0.39, 0.29) is 16.2 Å². The Labute approximate surface area is 191 Å². The van der Waals surface area contributed by atoms with Crippen LogP contribution < -0.4 is 4.31 Å². The molecule has 0 saturated carbocycles. The Morgan fingerprint density at radius 3 is 2.30 bits per heavy atom. The standard InChI is InChI=1S/C25H22N2O5S/c1-17-24(19-12-6-8-14-21(19)26-17)22(28)16-32-25(29)20-13-7-9-15-23(20)33(30,31)27(2)18-10-4-3-5-11-18/h3-15,26H,16H2,1-2H3. The fourth-order valence-corrected chi connectivity index (χ4v) is 5.08. The lowest BCUT2D eigenvalue weighted by atomic mass is 10.1. The summed E-state index contributed by atoms with van der Waals surface area (Å²) >= 11 is 0. The largest absolute Gasteiger partial charge is 0.454 e. The number of nitrogens with one attached hydrogen (secondary N) is 1. The number of para-hydroxylation sites is 2. The van der Waals surface area contributed by atoms with Crippen molar-refractivity contribution in [1.29, 1.82) is 0 Å². The molecule has 0 unspecified atom stereocenters. The number of fused-ring (bicyclic) bond motifs is 1. The number of hydrogen-bond donors (Lipinski definition) is 1. The Morgan fingerprint density at radius 1 is 0.909 bits per heavy atom. The predicted molar refractivity (Wildman–Crippen MR) is 126 cm³/mol. The van der Waals surface area contributed by atoms with Crippen LogP contribution in [0.15, 0.2) is 83.8 Å². The lowest BCUT2D eigenvalue weighted by Crippen LogP contribution is -2.28. The number of rotatable bonds is 7. The summed E-state index contributed by atoms with van der Waals surface area (Å²) in [6.07, 6.45) is 0. The Balaban J connectivity index is 1.57. The van der Waals surface area contributed by atoms with E-state index in [9.17, 15) is 18.0 Å². The number of ether oxygens (including phenoxy) is 1. The van der Waals surface area contributed by atoms with Gasteiger partial charge in [0, 0.05) is 29.2 Å². The molecule has 33 heavy (non-hydrogen) atoms. The molecule has 1 N–H and O–H groups in total. The molecule has 1 heterocycles. The fourth-order valence-electron chi connectivity index (χ4n) is 3.70. The lowest BCUT2D eigenvalue weighted by Gasteiger charge is -2.20. The van der Waals surface area contributed by atoms with Crippen LogP contribution in [0.2, 0.25) is 0 Å². The van der Waals surface area contributed by atoms with E-state index in [0.717, 1.165) is 15.2 Å². The predicted octanol–water partition coefficient (Wildman–Crippen LogP) is 4.34. The third-order valence-corrected chi connectivity index (χ3v) is 7.22. The fraction of sp³-hybridized carbons (Fsp3) is 0.120. The van der Waals surface area contributed by atoms with Gasteiger partial charge in [-0.3, -0.25) is 9.10 Å². The Bertz CT molecular complexity index is 1440. The maximum absolute atomic E-state index is 13.2. The normalized spacial score (nSPS) is 11.3. The molecule has 0 fully saturated rings. The molecule has 0 atom stereocenters. The van der Waals surface area contributed by atoms with Crippen molar-refractivity contribution in [2.45, 2.75) is 11.8 Å². The zero-order chi connectivity index (χ0) is 23.6. The number of aromatic amines is 1. The average molecular weight is 463 g/mol. The number of sulfonamides is 1. The maximum atomic E-state index is 13.2. The number of aromatic nitrogens is 1. The second kappa shape index (κ2) is 8.91. The Morgan fingerprint density at radius 2 is 1.55 bits per heavy atom. The van der Waals surface area contributed by atoms with Crippen LogP contribution in [0.4, 0.5) is 5.69 Å². The van der Waals surface area contributed by atoms with Crippen LogP contribution in [-0.4, -0.2) is 38.8 Å². The van der Waals surface area contributed by atoms with Crippen LogP contribution in [-0.2, 0) is 14.8 Å². The van der Waals surface area contributed by atoms with Crippen LogP contribution in [0.25, 0.3) is 10.9 Å². The van der Waals surface area contributed by atoms with Crippen molar-refractivity contribution in [1.82, 2.24) is 4.98 Å². The molecule has 0 aliphatic carbocycles. The number of anilines is 1. The molecule has 168 valence electrons. The van der Waals surface area contributed by atoms with E-state index in [0.29, 0.717) is 16.9 Å². The molecule has 3 aromatic carbocycles. The van der Waals surface area contributed by atoms with E-state index in [2.05, 4.69) is 4.98 Å². The van der Waals surface area contributed by atoms with Gasteiger partial charge in [-0.2, -0.15) is 0 Å². The van der Waals surface area contributed by atoms with Crippen LogP contribution in [0.1, 0.15) is 26.4 Å². The van der Waals surface area contributed by atoms with Crippen molar-refractivity contribution in [2.24, 2.45) is 0 Å². The van der Waals surface area contributed by atoms with E-state index in [1.807, 2.05) is 24.3 Å². The number of Topliss-reactive ketones (excluding diaryl/α,β-unsaturated/α-hetero) is 1. The molecule has 0 spiro atoms. The summed E-state index contributed by atoms with van der Waals surface area (Å²) in [5, 5.41) is 0.739. The van der Waals surface area contributed by atoms with Crippen molar-refractivity contribution in [3.8, 4) is 0 Å². The van der Waals surface area contributed by atoms with Gasteiger partial charge in [-0.05, 0) is 37.3 Å². The number of aryl methyl sites for hydroxylation is 1. The number of H-pyrrole nitrogens is 1. The molecule has 0 radical (unpaired) electrons. The van der Waals surface area contributed by atoms with E-state index in [1.54, 1.807) is 43.3 Å². The minimum absolute atomic E-state index is 0.135. The highest BCUT2D eigenvalue weighted by Gasteiger charge is 2.28. The topological polar surface area (TPSA) is 96.5 Å². The maximum Gasteiger partial charge on any atom is 0.339 e. The first kappa shape index (κ1) is 22.3. The van der Waals surface area contributed by atoms with Crippen LogP contribution >= 0.6 is 0 Å². The number of hydrogen-bond acceptors (Lipinski definition) is 5. The highest BCUT2D eigenvalue weighted by atomic mass is 32.2. The zero-order valence-corrected chi connectivity index (χ0v) is 18.9. The lowest BCUT2D eigenvalue weighted by molar-refractivity contribution is 0.0471. The SMILES string of the molecule is Cc1[nH]c2ccccc2c1C(=O)COC(=O)c1ccccc1S(=O)(=O)N(C)c1ccccc1. The summed E-state index contributed by atoms with van der Waals surface area (Å²) in [4.78, 5) is 28.6. The van der Waals surface area contributed by atoms with Crippen molar-refractivity contribution < 1.29 is 22.7 Å². The van der Waals surface area contributed by atoms with Crippen molar-refractivity contribution in [2.75, 3.05) is 18.0 Å². The quantitative estimate of drug-likeness (QED) is 0.326. The van der Waals surface area contributed by atoms with Crippen LogP contribution in [0.5, 0.6) is 0 Å². The van der Waals surface area contributed by atoms with Gasteiger partial charge in [-0.25, -0.2) is 13.2 Å². The van der Waals surface area contributed by atoms with E-state index >= 15 is 0 Å². The van der Waals surface area contributed by atoms with Gasteiger partial charge in [0.25, 0.3) is 10.0 Å². The van der Waals surface area contributed by atoms with Crippen molar-refractivity contribution in [3.63, 3.8) is 0 Å². The number of nitrogens with zero attached hydrogens (tertiary/aromatic N) is 1. The molecule has 0 amide bonds. The number of esters is 1. The highest BCUT2D eigenvalue weighted by Crippen LogP contribution is 2.26. The van der Waals surface area contributed by atoms with E-state index in [4.69, 9.17) is 4.74 Å². The first-order valence-electron chi connectivity index (χ1n) is 10.2. The number of ketones is 1. The molecule has 4 aromatic rings. The highest BCUT2D eigenvalue weighted by molar-refractivity contribution is 7.92. The minimum Gasteiger partial charge on any atom is -0.454 e.